The number of halogens is 2. The molecule has 1 aliphatic carbocycles. The monoisotopic (exact) mass is 255 g/mol. The van der Waals surface area contributed by atoms with E-state index in [1.54, 1.807) is 19.1 Å². The van der Waals surface area contributed by atoms with Crippen molar-refractivity contribution in [2.24, 2.45) is 0 Å². The zero-order chi connectivity index (χ0) is 13.4. The molecule has 18 heavy (non-hydrogen) atoms. The van der Waals surface area contributed by atoms with Gasteiger partial charge in [-0.25, -0.2) is 8.78 Å². The van der Waals surface area contributed by atoms with Crippen LogP contribution in [0.25, 0.3) is 0 Å². The number of alkyl halides is 2. The quantitative estimate of drug-likeness (QED) is 0.884. The number of carboxylic acids is 1. The Morgan fingerprint density at radius 1 is 1.33 bits per heavy atom. The predicted molar refractivity (Wildman–Crippen MR) is 61.7 cm³/mol. The second kappa shape index (κ2) is 4.30. The highest BCUT2D eigenvalue weighted by molar-refractivity contribution is 5.81. The molecule has 0 aliphatic heterocycles. The molecule has 0 amide bonds. The van der Waals surface area contributed by atoms with Crippen molar-refractivity contribution in [3.8, 4) is 0 Å². The molecule has 1 aliphatic rings. The fourth-order valence-electron chi connectivity index (χ4n) is 2.58. The number of pyridine rings is 1. The van der Waals surface area contributed by atoms with Gasteiger partial charge in [0.15, 0.2) is 0 Å². The van der Waals surface area contributed by atoms with Gasteiger partial charge >= 0.3 is 5.97 Å². The Morgan fingerprint density at radius 3 is 2.44 bits per heavy atom. The predicted octanol–water partition coefficient (Wildman–Crippen LogP) is 2.92. The fraction of sp³-hybridized carbons (Fsp3) is 0.538. The molecular weight excluding hydrogens is 240 g/mol. The Balaban J connectivity index is 2.42. The van der Waals surface area contributed by atoms with E-state index in [0.29, 0.717) is 5.69 Å². The van der Waals surface area contributed by atoms with Crippen LogP contribution in [0.4, 0.5) is 8.78 Å². The zero-order valence-electron chi connectivity index (χ0n) is 10.1. The summed E-state index contributed by atoms with van der Waals surface area (Å²) >= 11 is 0. The first-order chi connectivity index (χ1) is 8.37. The summed E-state index contributed by atoms with van der Waals surface area (Å²) in [6.45, 7) is 1.76. The van der Waals surface area contributed by atoms with Crippen molar-refractivity contribution in [1.29, 1.82) is 0 Å². The first-order valence-electron chi connectivity index (χ1n) is 5.91. The molecule has 0 spiro atoms. The highest BCUT2D eigenvalue weighted by Crippen LogP contribution is 2.45. The Labute approximate surface area is 104 Å². The van der Waals surface area contributed by atoms with Gasteiger partial charge in [-0.05, 0) is 31.4 Å². The molecule has 0 atom stereocenters. The third-order valence-electron chi connectivity index (χ3n) is 3.71. The number of carboxylic acid groups (broad SMARTS) is 1. The van der Waals surface area contributed by atoms with Crippen molar-refractivity contribution in [1.82, 2.24) is 4.98 Å². The fourth-order valence-corrected chi connectivity index (χ4v) is 2.58. The summed E-state index contributed by atoms with van der Waals surface area (Å²) in [5.41, 5.74) is -0.0920. The summed E-state index contributed by atoms with van der Waals surface area (Å²) in [7, 11) is 0. The minimum Gasteiger partial charge on any atom is -0.481 e. The average molecular weight is 255 g/mol. The number of hydrogen-bond acceptors (Lipinski definition) is 2. The lowest BCUT2D eigenvalue weighted by atomic mass is 9.69. The zero-order valence-corrected chi connectivity index (χ0v) is 10.1. The number of aliphatic carboxylic acids is 1. The van der Waals surface area contributed by atoms with Gasteiger partial charge in [0.1, 0.15) is 5.41 Å². The van der Waals surface area contributed by atoms with Crippen LogP contribution in [0.2, 0.25) is 0 Å². The van der Waals surface area contributed by atoms with Crippen molar-refractivity contribution < 1.29 is 18.7 Å². The van der Waals surface area contributed by atoms with E-state index >= 15 is 0 Å². The number of rotatable bonds is 2. The van der Waals surface area contributed by atoms with E-state index in [1.807, 2.05) is 0 Å². The summed E-state index contributed by atoms with van der Waals surface area (Å²) in [6, 6.07) is 3.48. The Morgan fingerprint density at radius 2 is 1.94 bits per heavy atom. The Hall–Kier alpha value is -1.52. The number of carbonyl (C=O) groups is 1. The molecule has 1 fully saturated rings. The minimum absolute atomic E-state index is 0.0623. The molecule has 1 aromatic rings. The standard InChI is InChI=1S/C13H15F2NO2/c1-9-3-2-8-16-10(9)12(11(17)18)4-6-13(14,15)7-5-12/h2-3,8H,4-7H2,1H3,(H,17,18). The molecule has 3 nitrogen and oxygen atoms in total. The lowest BCUT2D eigenvalue weighted by molar-refractivity contribution is -0.149. The maximum Gasteiger partial charge on any atom is 0.315 e. The topological polar surface area (TPSA) is 50.2 Å². The molecule has 1 saturated carbocycles. The third kappa shape index (κ3) is 2.09. The molecular formula is C13H15F2NO2. The van der Waals surface area contributed by atoms with E-state index in [2.05, 4.69) is 4.98 Å². The summed E-state index contributed by atoms with van der Waals surface area (Å²) in [4.78, 5) is 15.7. The van der Waals surface area contributed by atoms with Crippen LogP contribution in [0.5, 0.6) is 0 Å². The lowest BCUT2D eigenvalue weighted by Crippen LogP contribution is -2.43. The van der Waals surface area contributed by atoms with Crippen LogP contribution in [0.3, 0.4) is 0 Å². The first kappa shape index (κ1) is 12.9. The highest BCUT2D eigenvalue weighted by atomic mass is 19.3. The number of aryl methyl sites for hydroxylation is 1. The molecule has 0 saturated heterocycles. The summed E-state index contributed by atoms with van der Waals surface area (Å²) in [5, 5.41) is 9.45. The van der Waals surface area contributed by atoms with Crippen molar-refractivity contribution in [2.75, 3.05) is 0 Å². The molecule has 1 aromatic heterocycles. The Bertz CT molecular complexity index is 464. The van der Waals surface area contributed by atoms with Gasteiger partial charge < -0.3 is 5.11 Å². The first-order valence-corrected chi connectivity index (χ1v) is 5.91. The van der Waals surface area contributed by atoms with E-state index in [0.717, 1.165) is 5.56 Å². The molecule has 2 rings (SSSR count). The van der Waals surface area contributed by atoms with Gasteiger partial charge in [0.2, 0.25) is 5.92 Å². The molecule has 1 heterocycles. The van der Waals surface area contributed by atoms with E-state index in [4.69, 9.17) is 0 Å². The minimum atomic E-state index is -2.75. The second-order valence-corrected chi connectivity index (χ2v) is 4.91. The van der Waals surface area contributed by atoms with E-state index < -0.39 is 30.1 Å². The maximum atomic E-state index is 13.2. The molecule has 1 N–H and O–H groups in total. The van der Waals surface area contributed by atoms with Crippen LogP contribution >= 0.6 is 0 Å². The Kier molecular flexibility index (Phi) is 3.09. The molecule has 0 aromatic carbocycles. The van der Waals surface area contributed by atoms with Gasteiger partial charge in [0.05, 0.1) is 5.69 Å². The summed E-state index contributed by atoms with van der Waals surface area (Å²) in [5.74, 6) is -3.80. The van der Waals surface area contributed by atoms with Crippen molar-refractivity contribution in [2.45, 2.75) is 43.9 Å². The SMILES string of the molecule is Cc1cccnc1C1(C(=O)O)CCC(F)(F)CC1. The molecule has 0 bridgehead atoms. The van der Waals surface area contributed by atoms with Crippen molar-refractivity contribution in [3.63, 3.8) is 0 Å². The van der Waals surface area contributed by atoms with Crippen molar-refractivity contribution in [3.05, 3.63) is 29.6 Å². The molecule has 98 valence electrons. The van der Waals surface area contributed by atoms with E-state index in [9.17, 15) is 18.7 Å². The van der Waals surface area contributed by atoms with Gasteiger partial charge in [-0.3, -0.25) is 9.78 Å². The number of aromatic nitrogens is 1. The van der Waals surface area contributed by atoms with Gasteiger partial charge in [0, 0.05) is 19.0 Å². The molecule has 5 heteroatoms. The maximum absolute atomic E-state index is 13.2. The molecule has 0 unspecified atom stereocenters. The number of nitrogens with zero attached hydrogens (tertiary/aromatic N) is 1. The molecule has 0 radical (unpaired) electrons. The van der Waals surface area contributed by atoms with Gasteiger partial charge in [-0.2, -0.15) is 0 Å². The van der Waals surface area contributed by atoms with Gasteiger partial charge in [0.25, 0.3) is 0 Å². The summed E-state index contributed by atoms with van der Waals surface area (Å²) in [6.07, 6.45) is 0.602. The lowest BCUT2D eigenvalue weighted by Gasteiger charge is -2.36. The van der Waals surface area contributed by atoms with Crippen LogP contribution in [0, 0.1) is 6.92 Å². The van der Waals surface area contributed by atoms with E-state index in [-0.39, 0.29) is 12.8 Å². The van der Waals surface area contributed by atoms with Gasteiger partial charge in [-0.1, -0.05) is 6.07 Å². The van der Waals surface area contributed by atoms with Crippen LogP contribution in [-0.2, 0) is 10.2 Å². The average Bonchev–Trinajstić information content (AvgIpc) is 2.30. The second-order valence-electron chi connectivity index (χ2n) is 4.91. The van der Waals surface area contributed by atoms with Crippen LogP contribution in [-0.4, -0.2) is 22.0 Å². The van der Waals surface area contributed by atoms with Gasteiger partial charge in [-0.15, -0.1) is 0 Å². The largest absolute Gasteiger partial charge is 0.481 e. The van der Waals surface area contributed by atoms with Crippen LogP contribution in [0.15, 0.2) is 18.3 Å². The smallest absolute Gasteiger partial charge is 0.315 e. The van der Waals surface area contributed by atoms with Crippen LogP contribution < -0.4 is 0 Å². The highest BCUT2D eigenvalue weighted by Gasteiger charge is 2.50. The summed E-state index contributed by atoms with van der Waals surface area (Å²) < 4.78 is 26.4. The third-order valence-corrected chi connectivity index (χ3v) is 3.71. The van der Waals surface area contributed by atoms with E-state index in [1.165, 1.54) is 6.20 Å². The number of hydrogen-bond donors (Lipinski definition) is 1. The van der Waals surface area contributed by atoms with Crippen LogP contribution in [0.1, 0.15) is 36.9 Å². The normalized spacial score (nSPS) is 21.5. The van der Waals surface area contributed by atoms with Crippen molar-refractivity contribution >= 4 is 5.97 Å².